The fourth-order valence-electron chi connectivity index (χ4n) is 4.10. The van der Waals surface area contributed by atoms with Gasteiger partial charge in [-0.1, -0.05) is 56.0 Å². The summed E-state index contributed by atoms with van der Waals surface area (Å²) in [7, 11) is -1.28. The lowest BCUT2D eigenvalue weighted by Crippen LogP contribution is -2.52. The highest BCUT2D eigenvalue weighted by Gasteiger charge is 2.43. The fraction of sp³-hybridized carbons (Fsp3) is 0.615. The largest absolute Gasteiger partial charge is 0.459 e. The van der Waals surface area contributed by atoms with Crippen molar-refractivity contribution in [2.75, 3.05) is 6.61 Å². The minimum absolute atomic E-state index is 0.0229. The van der Waals surface area contributed by atoms with Crippen LogP contribution in [0.5, 0.6) is 0 Å². The number of carbonyl (C=O) groups is 2. The van der Waals surface area contributed by atoms with E-state index in [1.165, 1.54) is 0 Å². The van der Waals surface area contributed by atoms with Crippen molar-refractivity contribution in [1.29, 1.82) is 0 Å². The topological polar surface area (TPSA) is 67.9 Å². The summed E-state index contributed by atoms with van der Waals surface area (Å²) >= 11 is 0. The second-order valence-corrected chi connectivity index (χ2v) is 16.7. The van der Waals surface area contributed by atoms with Crippen molar-refractivity contribution < 1.29 is 19.1 Å². The molecule has 0 aromatic heterocycles. The maximum atomic E-state index is 13.1. The molecule has 1 amide bonds. The predicted octanol–water partition coefficient (Wildman–Crippen LogP) is 5.37. The molecule has 0 aliphatic carbocycles. The van der Waals surface area contributed by atoms with Crippen LogP contribution in [0.1, 0.15) is 45.6 Å². The van der Waals surface area contributed by atoms with Gasteiger partial charge in [0, 0.05) is 20.7 Å². The molecular weight excluding hydrogens is 432 g/mol. The predicted molar refractivity (Wildman–Crippen MR) is 136 cm³/mol. The molecule has 3 atom stereocenters. The summed E-state index contributed by atoms with van der Waals surface area (Å²) in [6.07, 6.45) is 3.48. The normalized spacial score (nSPS) is 20.2. The maximum Gasteiger partial charge on any atom is 0.407 e. The van der Waals surface area contributed by atoms with Crippen LogP contribution in [0.4, 0.5) is 4.79 Å². The first-order chi connectivity index (χ1) is 15.4. The van der Waals surface area contributed by atoms with Crippen molar-refractivity contribution in [3.8, 4) is 0 Å². The van der Waals surface area contributed by atoms with E-state index in [0.29, 0.717) is 26.0 Å². The molecule has 7 heteroatoms. The van der Waals surface area contributed by atoms with Gasteiger partial charge in [-0.25, -0.2) is 4.79 Å². The lowest BCUT2D eigenvalue weighted by atomic mass is 10.0. The molecule has 0 radical (unpaired) electrons. The summed E-state index contributed by atoms with van der Waals surface area (Å²) in [5.74, 6) is -0.212. The highest BCUT2D eigenvalue weighted by Crippen LogP contribution is 2.31. The molecule has 1 aliphatic heterocycles. The Kier molecular flexibility index (Phi) is 9.73. The van der Waals surface area contributed by atoms with E-state index < -0.39 is 19.8 Å². The van der Waals surface area contributed by atoms with Crippen molar-refractivity contribution in [3.05, 3.63) is 48.6 Å². The smallest absolute Gasteiger partial charge is 0.407 e. The Hall–Kier alpha value is -2.12. The summed E-state index contributed by atoms with van der Waals surface area (Å²) in [5, 5.41) is 3.06. The molecule has 1 heterocycles. The Bertz CT molecular complexity index is 786. The number of esters is 1. The van der Waals surface area contributed by atoms with Crippen molar-refractivity contribution in [2.24, 2.45) is 0 Å². The molecule has 33 heavy (non-hydrogen) atoms. The second-order valence-electron chi connectivity index (χ2n) is 11.1. The van der Waals surface area contributed by atoms with Crippen LogP contribution in [0.15, 0.2) is 43.0 Å². The molecular formula is C26H42N2O4Si. The third-order valence-corrected chi connectivity index (χ3v) is 7.43. The Morgan fingerprint density at radius 3 is 2.45 bits per heavy atom. The van der Waals surface area contributed by atoms with Gasteiger partial charge in [0.15, 0.2) is 0 Å². The van der Waals surface area contributed by atoms with Crippen molar-refractivity contribution in [2.45, 2.75) is 96.0 Å². The molecule has 0 saturated carbocycles. The van der Waals surface area contributed by atoms with Crippen LogP contribution < -0.4 is 5.32 Å². The van der Waals surface area contributed by atoms with Crippen LogP contribution >= 0.6 is 0 Å². The third kappa shape index (κ3) is 9.33. The lowest BCUT2D eigenvalue weighted by Gasteiger charge is -2.35. The number of carbonyl (C=O) groups excluding carboxylic acids is 2. The van der Waals surface area contributed by atoms with E-state index >= 15 is 0 Å². The number of likely N-dealkylation sites (tertiary alicyclic amines) is 1. The quantitative estimate of drug-likeness (QED) is 0.280. The number of hydrogen-bond donors (Lipinski definition) is 1. The number of nitrogens with one attached hydrogen (secondary N) is 1. The van der Waals surface area contributed by atoms with Crippen molar-refractivity contribution >= 4 is 20.1 Å². The van der Waals surface area contributed by atoms with Crippen molar-refractivity contribution in [3.63, 3.8) is 0 Å². The Labute approximate surface area is 200 Å². The van der Waals surface area contributed by atoms with Gasteiger partial charge in [0.05, 0.1) is 12.6 Å². The Balaban J connectivity index is 2.18. The first-order valence-corrected chi connectivity index (χ1v) is 15.7. The molecule has 6 nitrogen and oxygen atoms in total. The highest BCUT2D eigenvalue weighted by atomic mass is 28.3. The molecule has 1 fully saturated rings. The van der Waals surface area contributed by atoms with Crippen LogP contribution in [-0.4, -0.2) is 55.4 Å². The summed E-state index contributed by atoms with van der Waals surface area (Å²) in [4.78, 5) is 27.8. The summed E-state index contributed by atoms with van der Waals surface area (Å²) < 4.78 is 11.2. The van der Waals surface area contributed by atoms with E-state index in [4.69, 9.17) is 9.47 Å². The zero-order valence-corrected chi connectivity index (χ0v) is 22.2. The number of alkyl carbamates (subject to hydrolysis) is 1. The lowest BCUT2D eigenvalue weighted by molar-refractivity contribution is -0.161. The zero-order chi connectivity index (χ0) is 24.6. The van der Waals surface area contributed by atoms with Crippen molar-refractivity contribution in [1.82, 2.24) is 10.2 Å². The molecule has 1 saturated heterocycles. The SMILES string of the molecule is C=CC[C@H](NC(=O)OCC[Si](C)(C)C)[C@@H]1CC[C@@H](C(=O)OC(C)(C)C)N1Cc1ccccc1. The number of rotatable bonds is 10. The van der Waals surface area contributed by atoms with Gasteiger partial charge in [-0.05, 0) is 51.6 Å². The van der Waals surface area contributed by atoms with Crippen LogP contribution in [0.2, 0.25) is 25.7 Å². The minimum atomic E-state index is -1.28. The maximum absolute atomic E-state index is 13.1. The van der Waals surface area contributed by atoms with E-state index in [2.05, 4.69) is 48.6 Å². The van der Waals surface area contributed by atoms with E-state index in [1.807, 2.05) is 45.0 Å². The molecule has 184 valence electrons. The standard InChI is InChI=1S/C26H42N2O4Si/c1-8-12-21(27-25(30)31-17-18-33(5,6)7)22-15-16-23(24(29)32-26(2,3)4)28(22)19-20-13-10-9-11-14-20/h8-11,13-14,21-23H,1,12,15-19H2,2-7H3,(H,27,30)/t21-,22-,23-/m0/s1. The minimum Gasteiger partial charge on any atom is -0.459 e. The third-order valence-electron chi connectivity index (χ3n) is 5.72. The number of nitrogens with zero attached hydrogens (tertiary/aromatic N) is 1. The van der Waals surface area contributed by atoms with E-state index in [1.54, 1.807) is 0 Å². The van der Waals surface area contributed by atoms with Gasteiger partial charge in [-0.3, -0.25) is 9.69 Å². The number of benzene rings is 1. The average molecular weight is 475 g/mol. The van der Waals surface area contributed by atoms with Gasteiger partial charge in [0.2, 0.25) is 0 Å². The van der Waals surface area contributed by atoms with Crippen LogP contribution in [-0.2, 0) is 20.8 Å². The van der Waals surface area contributed by atoms with Crippen LogP contribution in [0.25, 0.3) is 0 Å². The first kappa shape index (κ1) is 27.1. The van der Waals surface area contributed by atoms with E-state index in [9.17, 15) is 9.59 Å². The van der Waals surface area contributed by atoms with Crippen LogP contribution in [0, 0.1) is 0 Å². The van der Waals surface area contributed by atoms with Gasteiger partial charge >= 0.3 is 12.1 Å². The fourth-order valence-corrected chi connectivity index (χ4v) is 4.82. The number of hydrogen-bond acceptors (Lipinski definition) is 5. The average Bonchev–Trinajstić information content (AvgIpc) is 3.09. The summed E-state index contributed by atoms with van der Waals surface area (Å²) in [6, 6.07) is 10.4. The summed E-state index contributed by atoms with van der Waals surface area (Å²) in [6.45, 7) is 17.4. The molecule has 1 aromatic rings. The molecule has 0 spiro atoms. The van der Waals surface area contributed by atoms with Gasteiger partial charge in [0.25, 0.3) is 0 Å². The van der Waals surface area contributed by atoms with Gasteiger partial charge < -0.3 is 14.8 Å². The monoisotopic (exact) mass is 474 g/mol. The Morgan fingerprint density at radius 1 is 1.21 bits per heavy atom. The first-order valence-electron chi connectivity index (χ1n) is 12.0. The molecule has 0 bridgehead atoms. The number of ether oxygens (including phenoxy) is 2. The van der Waals surface area contributed by atoms with Gasteiger partial charge in [-0.15, -0.1) is 6.58 Å². The molecule has 1 aromatic carbocycles. The zero-order valence-electron chi connectivity index (χ0n) is 21.2. The molecule has 1 aliphatic rings. The van der Waals surface area contributed by atoms with E-state index in [0.717, 1.165) is 18.0 Å². The van der Waals surface area contributed by atoms with E-state index in [-0.39, 0.29) is 24.1 Å². The van der Waals surface area contributed by atoms with Gasteiger partial charge in [-0.2, -0.15) is 0 Å². The highest BCUT2D eigenvalue weighted by molar-refractivity contribution is 6.76. The molecule has 1 N–H and O–H groups in total. The van der Waals surface area contributed by atoms with Crippen LogP contribution in [0.3, 0.4) is 0 Å². The molecule has 2 rings (SSSR count). The Morgan fingerprint density at radius 2 is 1.88 bits per heavy atom. The second kappa shape index (κ2) is 11.8. The molecule has 0 unspecified atom stereocenters. The number of amides is 1. The summed E-state index contributed by atoms with van der Waals surface area (Å²) in [5.41, 5.74) is 0.569. The van der Waals surface area contributed by atoms with Gasteiger partial charge in [0.1, 0.15) is 11.6 Å².